The van der Waals surface area contributed by atoms with Crippen LogP contribution in [0.2, 0.25) is 5.02 Å². The molecule has 2 unspecified atom stereocenters. The Hall–Kier alpha value is -1.53. The molecule has 6 nitrogen and oxygen atoms in total. The molecule has 1 rings (SSSR count). The molecule has 98 valence electrons. The van der Waals surface area contributed by atoms with Gasteiger partial charge in [0.05, 0.1) is 19.8 Å². The lowest BCUT2D eigenvalue weighted by molar-refractivity contribution is 0.0221. The maximum Gasteiger partial charge on any atom is 0.172 e. The largest absolute Gasteiger partial charge is 0.494 e. The molecule has 1 aromatic rings. The van der Waals surface area contributed by atoms with Gasteiger partial charge in [0.25, 0.3) is 0 Å². The van der Waals surface area contributed by atoms with Gasteiger partial charge in [-0.15, -0.1) is 0 Å². The summed E-state index contributed by atoms with van der Waals surface area (Å²) in [4.78, 5) is 2.43. The molecule has 18 heavy (non-hydrogen) atoms. The van der Waals surface area contributed by atoms with E-state index in [1.165, 1.54) is 19.2 Å². The van der Waals surface area contributed by atoms with E-state index in [2.05, 4.69) is 10.0 Å². The number of methoxy groups -OCH3 is 1. The van der Waals surface area contributed by atoms with E-state index in [0.29, 0.717) is 0 Å². The van der Waals surface area contributed by atoms with Gasteiger partial charge < -0.3 is 14.9 Å². The first-order valence-electron chi connectivity index (χ1n) is 4.91. The molecule has 0 spiro atoms. The molecule has 2 atom stereocenters. The van der Waals surface area contributed by atoms with Crippen LogP contribution < -0.4 is 4.74 Å². The minimum atomic E-state index is -1.61. The second-order valence-corrected chi connectivity index (χ2v) is 3.81. The topological polar surface area (TPSA) is 98.5 Å². The van der Waals surface area contributed by atoms with Gasteiger partial charge in [-0.05, 0) is 17.7 Å². The molecular weight excluding hydrogens is 265 g/mol. The van der Waals surface area contributed by atoms with Crippen LogP contribution in [0.1, 0.15) is 11.7 Å². The van der Waals surface area contributed by atoms with E-state index >= 15 is 0 Å². The molecule has 1 aromatic carbocycles. The van der Waals surface area contributed by atoms with E-state index in [9.17, 15) is 14.6 Å². The predicted molar refractivity (Wildman–Crippen MR) is 62.9 cm³/mol. The Morgan fingerprint density at radius 3 is 2.78 bits per heavy atom. The number of aliphatic hydroxyl groups excluding tert-OH is 2. The van der Waals surface area contributed by atoms with Crippen molar-refractivity contribution in [2.24, 2.45) is 5.11 Å². The normalized spacial score (nSPS) is 13.6. The molecule has 0 aliphatic carbocycles. The molecule has 0 saturated carbocycles. The van der Waals surface area contributed by atoms with Crippen LogP contribution in [-0.2, 0) is 0 Å². The van der Waals surface area contributed by atoms with Crippen LogP contribution in [0.5, 0.6) is 5.75 Å². The first-order chi connectivity index (χ1) is 8.52. The molecule has 0 bridgehead atoms. The monoisotopic (exact) mass is 275 g/mol. The summed E-state index contributed by atoms with van der Waals surface area (Å²) < 4.78 is 18.6. The van der Waals surface area contributed by atoms with Gasteiger partial charge in [-0.2, -0.15) is 0 Å². The van der Waals surface area contributed by atoms with E-state index in [1.54, 1.807) is 0 Å². The maximum atomic E-state index is 13.9. The molecule has 0 heterocycles. The van der Waals surface area contributed by atoms with Gasteiger partial charge in [0.2, 0.25) is 0 Å². The van der Waals surface area contributed by atoms with Crippen molar-refractivity contribution < 1.29 is 19.3 Å². The number of hydrogen-bond acceptors (Lipinski definition) is 4. The van der Waals surface area contributed by atoms with Crippen molar-refractivity contribution >= 4 is 11.6 Å². The zero-order chi connectivity index (χ0) is 13.7. The van der Waals surface area contributed by atoms with Crippen LogP contribution in [0.4, 0.5) is 4.39 Å². The van der Waals surface area contributed by atoms with Crippen molar-refractivity contribution in [3.63, 3.8) is 0 Å². The third kappa shape index (κ3) is 3.02. The molecule has 0 aromatic heterocycles. The maximum absolute atomic E-state index is 13.9. The van der Waals surface area contributed by atoms with Crippen LogP contribution in [-0.4, -0.2) is 30.0 Å². The highest BCUT2D eigenvalue weighted by Crippen LogP contribution is 2.33. The number of azide groups is 1. The summed E-state index contributed by atoms with van der Waals surface area (Å²) in [5.41, 5.74) is 7.81. The van der Waals surface area contributed by atoms with Gasteiger partial charge in [0, 0.05) is 15.5 Å². The number of ether oxygens (including phenoxy) is 1. The van der Waals surface area contributed by atoms with E-state index in [4.69, 9.17) is 21.9 Å². The zero-order valence-electron chi connectivity index (χ0n) is 9.42. The van der Waals surface area contributed by atoms with Crippen molar-refractivity contribution in [1.29, 1.82) is 0 Å². The molecule has 0 fully saturated rings. The lowest BCUT2D eigenvalue weighted by Crippen LogP contribution is -2.22. The van der Waals surface area contributed by atoms with Gasteiger partial charge in [-0.25, -0.2) is 4.39 Å². The lowest BCUT2D eigenvalue weighted by Gasteiger charge is -2.19. The Kier molecular flexibility index (Phi) is 5.18. The first-order valence-corrected chi connectivity index (χ1v) is 5.29. The van der Waals surface area contributed by atoms with Crippen molar-refractivity contribution in [2.45, 2.75) is 12.2 Å². The molecule has 0 amide bonds. The summed E-state index contributed by atoms with van der Waals surface area (Å²) in [6, 6.07) is 2.63. The van der Waals surface area contributed by atoms with Crippen LogP contribution >= 0.6 is 11.6 Å². The van der Waals surface area contributed by atoms with Crippen molar-refractivity contribution in [1.82, 2.24) is 0 Å². The molecule has 0 aliphatic rings. The fourth-order valence-electron chi connectivity index (χ4n) is 1.39. The number of benzene rings is 1. The first kappa shape index (κ1) is 14.5. The summed E-state index contributed by atoms with van der Waals surface area (Å²) in [7, 11) is 1.26. The van der Waals surface area contributed by atoms with Crippen molar-refractivity contribution in [2.75, 3.05) is 13.7 Å². The standard InChI is InChI=1S/C10H11ClFN3O3/c1-18-7-3-2-5(11)8(9(7)12)10(17)6(16)4-14-15-13/h2-3,6,10,16-17H,4H2,1H3. The predicted octanol–water partition coefficient (Wildman–Crippen LogP) is 2.19. The number of rotatable bonds is 5. The quantitative estimate of drug-likeness (QED) is 0.489. The number of aliphatic hydroxyl groups is 2. The number of hydrogen-bond donors (Lipinski definition) is 2. The molecule has 0 aliphatic heterocycles. The summed E-state index contributed by atoms with van der Waals surface area (Å²) in [5, 5.41) is 22.4. The summed E-state index contributed by atoms with van der Waals surface area (Å²) >= 11 is 5.76. The minimum Gasteiger partial charge on any atom is -0.494 e. The summed E-state index contributed by atoms with van der Waals surface area (Å²) in [5.74, 6) is -0.970. The molecule has 0 saturated heterocycles. The molecule has 2 N–H and O–H groups in total. The minimum absolute atomic E-state index is 0.0548. The van der Waals surface area contributed by atoms with Crippen LogP contribution in [0.25, 0.3) is 10.4 Å². The van der Waals surface area contributed by atoms with E-state index in [0.717, 1.165) is 0 Å². The third-order valence-electron chi connectivity index (χ3n) is 2.30. The number of nitrogens with zero attached hydrogens (tertiary/aromatic N) is 3. The third-order valence-corrected chi connectivity index (χ3v) is 2.63. The van der Waals surface area contributed by atoms with Crippen molar-refractivity contribution in [3.05, 3.63) is 39.0 Å². The zero-order valence-corrected chi connectivity index (χ0v) is 10.2. The van der Waals surface area contributed by atoms with Gasteiger partial charge in [-0.1, -0.05) is 16.7 Å². The van der Waals surface area contributed by atoms with Crippen LogP contribution in [0.3, 0.4) is 0 Å². The Balaban J connectivity index is 3.11. The van der Waals surface area contributed by atoms with E-state index < -0.39 is 24.6 Å². The summed E-state index contributed by atoms with van der Waals surface area (Å²) in [6.45, 7) is -0.398. The fourth-order valence-corrected chi connectivity index (χ4v) is 1.65. The van der Waals surface area contributed by atoms with Gasteiger partial charge in [-0.3, -0.25) is 0 Å². The van der Waals surface area contributed by atoms with E-state index in [-0.39, 0.29) is 16.3 Å². The Morgan fingerprint density at radius 1 is 1.56 bits per heavy atom. The van der Waals surface area contributed by atoms with Gasteiger partial charge in [0.1, 0.15) is 6.10 Å². The van der Waals surface area contributed by atoms with Gasteiger partial charge >= 0.3 is 0 Å². The molecular formula is C10H11ClFN3O3. The van der Waals surface area contributed by atoms with Crippen LogP contribution in [0, 0.1) is 5.82 Å². The Labute approximate surface area is 107 Å². The molecule has 8 heteroatoms. The highest BCUT2D eigenvalue weighted by molar-refractivity contribution is 6.31. The lowest BCUT2D eigenvalue weighted by atomic mass is 10.0. The highest BCUT2D eigenvalue weighted by atomic mass is 35.5. The average molecular weight is 276 g/mol. The average Bonchev–Trinajstić information content (AvgIpc) is 2.36. The Bertz CT molecular complexity index is 480. The van der Waals surface area contributed by atoms with Crippen molar-refractivity contribution in [3.8, 4) is 5.75 Å². The van der Waals surface area contributed by atoms with Gasteiger partial charge in [0.15, 0.2) is 11.6 Å². The van der Waals surface area contributed by atoms with Crippen LogP contribution in [0.15, 0.2) is 17.2 Å². The highest BCUT2D eigenvalue weighted by Gasteiger charge is 2.25. The smallest absolute Gasteiger partial charge is 0.172 e. The number of halogens is 2. The second-order valence-electron chi connectivity index (χ2n) is 3.40. The second kappa shape index (κ2) is 6.42. The summed E-state index contributed by atoms with van der Waals surface area (Å²) in [6.07, 6.45) is -3.07. The SMILES string of the molecule is COc1ccc(Cl)c(C(O)C(O)CN=[N+]=[N-])c1F. The van der Waals surface area contributed by atoms with E-state index in [1.807, 2.05) is 0 Å². The fraction of sp³-hybridized carbons (Fsp3) is 0.400. The Morgan fingerprint density at radius 2 is 2.22 bits per heavy atom. The molecule has 0 radical (unpaired) electrons.